The fourth-order valence-corrected chi connectivity index (χ4v) is 2.29. The van der Waals surface area contributed by atoms with E-state index in [1.807, 2.05) is 37.3 Å². The van der Waals surface area contributed by atoms with Gasteiger partial charge in [0, 0.05) is 28.9 Å². The minimum atomic E-state index is -0.428. The molecule has 1 amide bonds. The molecule has 0 aliphatic carbocycles. The molecule has 0 aliphatic rings. The normalized spacial score (nSPS) is 10.7. The predicted molar refractivity (Wildman–Crippen MR) is 78.2 cm³/mol. The Morgan fingerprint density at radius 1 is 1.15 bits per heavy atom. The van der Waals surface area contributed by atoms with Gasteiger partial charge < -0.3 is 5.73 Å². The van der Waals surface area contributed by atoms with Gasteiger partial charge in [0.1, 0.15) is 0 Å². The Kier molecular flexibility index (Phi) is 2.91. The lowest BCUT2D eigenvalue weighted by Gasteiger charge is -2.09. The monoisotopic (exact) mass is 263 g/mol. The van der Waals surface area contributed by atoms with E-state index < -0.39 is 5.91 Å². The Morgan fingerprint density at radius 3 is 2.80 bits per heavy atom. The number of carbonyl (C=O) groups excluding carboxylic acids is 1. The number of hydrogen-bond acceptors (Lipinski definition) is 3. The minimum absolute atomic E-state index is 0.428. The summed E-state index contributed by atoms with van der Waals surface area (Å²) in [6.07, 6.45) is 3.53. The zero-order chi connectivity index (χ0) is 14.1. The molecule has 0 unspecified atom stereocenters. The van der Waals surface area contributed by atoms with Gasteiger partial charge in [-0.15, -0.1) is 0 Å². The number of aromatic nitrogens is 2. The molecule has 2 aromatic heterocycles. The van der Waals surface area contributed by atoms with Gasteiger partial charge in [0.15, 0.2) is 0 Å². The van der Waals surface area contributed by atoms with Crippen molar-refractivity contribution in [1.82, 2.24) is 9.97 Å². The van der Waals surface area contributed by atoms with Gasteiger partial charge in [0.2, 0.25) is 5.91 Å². The number of nitrogens with zero attached hydrogens (tertiary/aromatic N) is 2. The van der Waals surface area contributed by atoms with Crippen LogP contribution in [0.3, 0.4) is 0 Å². The Hall–Kier alpha value is -2.75. The number of benzene rings is 1. The first kappa shape index (κ1) is 12.3. The van der Waals surface area contributed by atoms with Gasteiger partial charge in [0.05, 0.1) is 11.2 Å². The number of primary amides is 1. The van der Waals surface area contributed by atoms with Crippen molar-refractivity contribution in [3.63, 3.8) is 0 Å². The third-order valence-corrected chi connectivity index (χ3v) is 3.36. The number of amides is 1. The van der Waals surface area contributed by atoms with Crippen molar-refractivity contribution in [2.75, 3.05) is 0 Å². The van der Waals surface area contributed by atoms with Crippen molar-refractivity contribution in [2.45, 2.75) is 6.92 Å². The molecular weight excluding hydrogens is 250 g/mol. The second kappa shape index (κ2) is 4.74. The van der Waals surface area contributed by atoms with Crippen LogP contribution < -0.4 is 5.73 Å². The average Bonchev–Trinajstić information content (AvgIpc) is 2.46. The van der Waals surface area contributed by atoms with Crippen molar-refractivity contribution in [1.29, 1.82) is 0 Å². The largest absolute Gasteiger partial charge is 0.366 e. The topological polar surface area (TPSA) is 68.9 Å². The van der Waals surface area contributed by atoms with E-state index in [0.29, 0.717) is 5.56 Å². The molecule has 0 saturated heterocycles. The molecule has 0 atom stereocenters. The smallest absolute Gasteiger partial charge is 0.248 e. The molecule has 20 heavy (non-hydrogen) atoms. The summed E-state index contributed by atoms with van der Waals surface area (Å²) in [5.41, 5.74) is 9.30. The van der Waals surface area contributed by atoms with Gasteiger partial charge in [-0.2, -0.15) is 0 Å². The van der Waals surface area contributed by atoms with Gasteiger partial charge in [0.25, 0.3) is 0 Å². The van der Waals surface area contributed by atoms with Crippen molar-refractivity contribution in [3.05, 3.63) is 59.9 Å². The summed E-state index contributed by atoms with van der Waals surface area (Å²) in [5.74, 6) is -0.428. The maximum absolute atomic E-state index is 11.4. The van der Waals surface area contributed by atoms with E-state index in [2.05, 4.69) is 9.97 Å². The highest BCUT2D eigenvalue weighted by molar-refractivity contribution is 5.96. The van der Waals surface area contributed by atoms with Crippen LogP contribution in [0.2, 0.25) is 0 Å². The van der Waals surface area contributed by atoms with Crippen molar-refractivity contribution < 1.29 is 4.79 Å². The van der Waals surface area contributed by atoms with Crippen molar-refractivity contribution >= 4 is 16.8 Å². The molecule has 0 fully saturated rings. The number of nitrogens with two attached hydrogens (primary N) is 1. The standard InChI is InChI=1S/C16H13N3O/c1-10-12(5-2-6-13(10)16(17)20)15-8-14-11(9-19-15)4-3-7-18-14/h2-9H,1H3,(H2,17,20). The van der Waals surface area contributed by atoms with E-state index in [1.54, 1.807) is 18.5 Å². The van der Waals surface area contributed by atoms with E-state index in [4.69, 9.17) is 5.73 Å². The molecule has 4 heteroatoms. The first-order valence-electron chi connectivity index (χ1n) is 6.27. The second-order valence-electron chi connectivity index (χ2n) is 4.61. The molecular formula is C16H13N3O. The highest BCUT2D eigenvalue weighted by Gasteiger charge is 2.11. The number of rotatable bonds is 2. The first-order chi connectivity index (χ1) is 9.66. The molecule has 4 nitrogen and oxygen atoms in total. The van der Waals surface area contributed by atoms with Crippen LogP contribution in [0.1, 0.15) is 15.9 Å². The zero-order valence-corrected chi connectivity index (χ0v) is 11.0. The molecule has 98 valence electrons. The highest BCUT2D eigenvalue weighted by Crippen LogP contribution is 2.25. The number of fused-ring (bicyclic) bond motifs is 1. The molecule has 0 radical (unpaired) electrons. The molecule has 0 bridgehead atoms. The first-order valence-corrected chi connectivity index (χ1v) is 6.27. The van der Waals surface area contributed by atoms with Crippen LogP contribution in [0.4, 0.5) is 0 Å². The Labute approximate surface area is 116 Å². The highest BCUT2D eigenvalue weighted by atomic mass is 16.1. The quantitative estimate of drug-likeness (QED) is 0.772. The van der Waals surface area contributed by atoms with E-state index in [1.165, 1.54) is 0 Å². The van der Waals surface area contributed by atoms with Crippen LogP contribution in [-0.2, 0) is 0 Å². The molecule has 2 heterocycles. The second-order valence-corrected chi connectivity index (χ2v) is 4.61. The van der Waals surface area contributed by atoms with Gasteiger partial charge >= 0.3 is 0 Å². The lowest BCUT2D eigenvalue weighted by atomic mass is 9.99. The van der Waals surface area contributed by atoms with E-state index in [0.717, 1.165) is 27.7 Å². The molecule has 1 aromatic carbocycles. The summed E-state index contributed by atoms with van der Waals surface area (Å²) in [4.78, 5) is 20.2. The fourth-order valence-electron chi connectivity index (χ4n) is 2.29. The summed E-state index contributed by atoms with van der Waals surface area (Å²) < 4.78 is 0. The van der Waals surface area contributed by atoms with Crippen LogP contribution in [0.5, 0.6) is 0 Å². The summed E-state index contributed by atoms with van der Waals surface area (Å²) in [6, 6.07) is 11.2. The van der Waals surface area contributed by atoms with Gasteiger partial charge in [-0.3, -0.25) is 14.8 Å². The van der Waals surface area contributed by atoms with Crippen LogP contribution >= 0.6 is 0 Å². The molecule has 3 rings (SSSR count). The summed E-state index contributed by atoms with van der Waals surface area (Å²) in [7, 11) is 0. The van der Waals surface area contributed by atoms with E-state index in [9.17, 15) is 4.79 Å². The lowest BCUT2D eigenvalue weighted by molar-refractivity contribution is 0.1000. The summed E-state index contributed by atoms with van der Waals surface area (Å²) in [5, 5.41) is 0.986. The van der Waals surface area contributed by atoms with Crippen molar-refractivity contribution in [3.8, 4) is 11.3 Å². The summed E-state index contributed by atoms with van der Waals surface area (Å²) >= 11 is 0. The van der Waals surface area contributed by atoms with Crippen LogP contribution in [0, 0.1) is 6.92 Å². The van der Waals surface area contributed by atoms with E-state index in [-0.39, 0.29) is 0 Å². The third-order valence-electron chi connectivity index (χ3n) is 3.36. The van der Waals surface area contributed by atoms with Gasteiger partial charge in [-0.05, 0) is 36.8 Å². The average molecular weight is 263 g/mol. The van der Waals surface area contributed by atoms with Gasteiger partial charge in [-0.25, -0.2) is 0 Å². The van der Waals surface area contributed by atoms with Crippen molar-refractivity contribution in [2.24, 2.45) is 5.73 Å². The minimum Gasteiger partial charge on any atom is -0.366 e. The molecule has 2 N–H and O–H groups in total. The Bertz CT molecular complexity index is 812. The van der Waals surface area contributed by atoms with Crippen LogP contribution in [0.25, 0.3) is 22.2 Å². The van der Waals surface area contributed by atoms with E-state index >= 15 is 0 Å². The maximum Gasteiger partial charge on any atom is 0.248 e. The molecule has 3 aromatic rings. The maximum atomic E-state index is 11.4. The zero-order valence-electron chi connectivity index (χ0n) is 11.0. The molecule has 0 spiro atoms. The molecule has 0 aliphatic heterocycles. The SMILES string of the molecule is Cc1c(C(N)=O)cccc1-c1cc2ncccc2cn1. The molecule has 0 saturated carbocycles. The predicted octanol–water partition coefficient (Wildman–Crippen LogP) is 2.70. The van der Waals surface area contributed by atoms with Gasteiger partial charge in [-0.1, -0.05) is 12.1 Å². The number of pyridine rings is 2. The third kappa shape index (κ3) is 2.01. The lowest BCUT2D eigenvalue weighted by Crippen LogP contribution is -2.13. The fraction of sp³-hybridized carbons (Fsp3) is 0.0625. The Balaban J connectivity index is 2.20. The number of hydrogen-bond donors (Lipinski definition) is 1. The van der Waals surface area contributed by atoms with Crippen LogP contribution in [0.15, 0.2) is 48.8 Å². The number of carbonyl (C=O) groups is 1. The van der Waals surface area contributed by atoms with Crippen LogP contribution in [-0.4, -0.2) is 15.9 Å². The summed E-state index contributed by atoms with van der Waals surface area (Å²) in [6.45, 7) is 1.87. The Morgan fingerprint density at radius 2 is 2.00 bits per heavy atom.